The lowest BCUT2D eigenvalue weighted by Crippen LogP contribution is -2.01. The molecule has 0 aliphatic heterocycles. The normalized spacial score (nSPS) is 12.9. The second-order valence-electron chi connectivity index (χ2n) is 2.31. The zero-order valence-electron chi connectivity index (χ0n) is 6.67. The summed E-state index contributed by atoms with van der Waals surface area (Å²) in [4.78, 5) is 0. The average Bonchev–Trinajstić information content (AvgIpc) is 2.13. The summed E-state index contributed by atoms with van der Waals surface area (Å²) in [7, 11) is 0. The Bertz CT molecular complexity index is 369. The lowest BCUT2D eigenvalue weighted by Gasteiger charge is -2.02. The van der Waals surface area contributed by atoms with Gasteiger partial charge in [0, 0.05) is 5.56 Å². The highest BCUT2D eigenvalue weighted by Crippen LogP contribution is 2.15. The predicted octanol–water partition coefficient (Wildman–Crippen LogP) is 1.76. The molecule has 0 radical (unpaired) electrons. The maximum atomic E-state index is 12.8. The van der Waals surface area contributed by atoms with Gasteiger partial charge in [0.1, 0.15) is 0 Å². The minimum Gasteiger partial charge on any atom is -0.284 e. The summed E-state index contributed by atoms with van der Waals surface area (Å²) in [5.41, 5.74) is -0.327. The van der Waals surface area contributed by atoms with E-state index in [2.05, 4.69) is 4.18 Å². The Morgan fingerprint density at radius 3 is 2.50 bits per heavy atom. The van der Waals surface area contributed by atoms with Crippen molar-refractivity contribution in [1.82, 2.24) is 0 Å². The highest BCUT2D eigenvalue weighted by Gasteiger charge is 2.13. The Kier molecular flexibility index (Phi) is 3.62. The van der Waals surface area contributed by atoms with Crippen LogP contribution in [0.4, 0.5) is 13.2 Å². The molecule has 1 aromatic carbocycles. The third-order valence-corrected chi connectivity index (χ3v) is 1.75. The molecule has 7 heteroatoms. The molecule has 0 fully saturated rings. The lowest BCUT2D eigenvalue weighted by molar-refractivity contribution is 0.288. The van der Waals surface area contributed by atoms with Gasteiger partial charge in [-0.1, -0.05) is 6.07 Å². The van der Waals surface area contributed by atoms with Crippen LogP contribution in [-0.4, -0.2) is 8.76 Å². The molecule has 0 saturated heterocycles. The van der Waals surface area contributed by atoms with Gasteiger partial charge in [-0.15, -0.1) is 0 Å². The molecule has 1 N–H and O–H groups in total. The molecule has 0 bridgehead atoms. The number of halogens is 3. The zero-order valence-corrected chi connectivity index (χ0v) is 7.48. The Hall–Kier alpha value is -0.920. The monoisotopic (exact) mass is 226 g/mol. The van der Waals surface area contributed by atoms with E-state index >= 15 is 0 Å². The van der Waals surface area contributed by atoms with E-state index in [1.807, 2.05) is 0 Å². The van der Waals surface area contributed by atoms with Crippen LogP contribution in [-0.2, 0) is 22.2 Å². The first-order valence-corrected chi connectivity index (χ1v) is 4.42. The maximum absolute atomic E-state index is 12.8. The summed E-state index contributed by atoms with van der Waals surface area (Å²) >= 11 is -2.57. The molecular weight excluding hydrogens is 221 g/mol. The van der Waals surface area contributed by atoms with Crippen LogP contribution in [0.3, 0.4) is 0 Å². The van der Waals surface area contributed by atoms with Gasteiger partial charge in [-0.05, 0) is 6.07 Å². The summed E-state index contributed by atoms with van der Waals surface area (Å²) in [5, 5.41) is 0. The van der Waals surface area contributed by atoms with Crippen LogP contribution in [0.25, 0.3) is 0 Å². The van der Waals surface area contributed by atoms with Gasteiger partial charge in [-0.2, -0.15) is 4.21 Å². The van der Waals surface area contributed by atoms with Crippen molar-refractivity contribution in [2.75, 3.05) is 0 Å². The molecule has 14 heavy (non-hydrogen) atoms. The Morgan fingerprint density at radius 1 is 1.29 bits per heavy atom. The van der Waals surface area contributed by atoms with E-state index in [1.54, 1.807) is 0 Å². The second-order valence-corrected chi connectivity index (χ2v) is 2.98. The molecule has 0 heterocycles. The number of hydrogen-bond acceptors (Lipinski definition) is 2. The van der Waals surface area contributed by atoms with Gasteiger partial charge in [-0.25, -0.2) is 13.2 Å². The first-order valence-electron chi connectivity index (χ1n) is 3.39. The van der Waals surface area contributed by atoms with Gasteiger partial charge in [0.15, 0.2) is 17.5 Å². The SMILES string of the molecule is O=S(O)OCc1ccc(F)c(F)c1F. The molecule has 3 nitrogen and oxygen atoms in total. The molecule has 0 aliphatic rings. The molecule has 0 aliphatic carbocycles. The van der Waals surface area contributed by atoms with Crippen molar-refractivity contribution in [2.45, 2.75) is 6.61 Å². The van der Waals surface area contributed by atoms with Crippen LogP contribution in [0.15, 0.2) is 12.1 Å². The predicted molar refractivity (Wildman–Crippen MR) is 41.9 cm³/mol. The van der Waals surface area contributed by atoms with Crippen LogP contribution in [0.5, 0.6) is 0 Å². The molecule has 0 spiro atoms. The fraction of sp³-hybridized carbons (Fsp3) is 0.143. The summed E-state index contributed by atoms with van der Waals surface area (Å²) in [5.74, 6) is -4.37. The topological polar surface area (TPSA) is 46.5 Å². The fourth-order valence-corrected chi connectivity index (χ4v) is 1.02. The van der Waals surface area contributed by atoms with Crippen molar-refractivity contribution in [1.29, 1.82) is 0 Å². The largest absolute Gasteiger partial charge is 0.302 e. The van der Waals surface area contributed by atoms with Crippen molar-refractivity contribution in [3.8, 4) is 0 Å². The van der Waals surface area contributed by atoms with Gasteiger partial charge >= 0.3 is 11.4 Å². The fourth-order valence-electron chi connectivity index (χ4n) is 0.791. The van der Waals surface area contributed by atoms with Crippen LogP contribution in [0.1, 0.15) is 5.56 Å². The van der Waals surface area contributed by atoms with Crippen molar-refractivity contribution in [2.24, 2.45) is 0 Å². The van der Waals surface area contributed by atoms with Crippen LogP contribution < -0.4 is 0 Å². The molecule has 1 atom stereocenters. The standard InChI is InChI=1S/C7H5F3O3S/c8-5-2-1-4(3-13-14(11)12)6(9)7(5)10/h1-2H,3H2,(H,11,12). The highest BCUT2D eigenvalue weighted by atomic mass is 32.2. The quantitative estimate of drug-likeness (QED) is 0.631. The second kappa shape index (κ2) is 4.54. The Labute approximate surface area is 80.0 Å². The highest BCUT2D eigenvalue weighted by molar-refractivity contribution is 7.74. The van der Waals surface area contributed by atoms with E-state index in [1.165, 1.54) is 0 Å². The lowest BCUT2D eigenvalue weighted by atomic mass is 10.2. The first kappa shape index (κ1) is 11.2. The van der Waals surface area contributed by atoms with E-state index in [-0.39, 0.29) is 5.56 Å². The van der Waals surface area contributed by atoms with Gasteiger partial charge in [0.25, 0.3) is 0 Å². The van der Waals surface area contributed by atoms with E-state index in [9.17, 15) is 17.4 Å². The van der Waals surface area contributed by atoms with Crippen molar-refractivity contribution < 1.29 is 26.1 Å². The zero-order chi connectivity index (χ0) is 10.7. The number of hydrogen-bond donors (Lipinski definition) is 1. The first-order chi connectivity index (χ1) is 6.52. The summed E-state index contributed by atoms with van der Waals surface area (Å²) in [6, 6.07) is 1.64. The van der Waals surface area contributed by atoms with E-state index in [0.29, 0.717) is 6.07 Å². The van der Waals surface area contributed by atoms with Crippen LogP contribution >= 0.6 is 0 Å². The van der Waals surface area contributed by atoms with Crippen molar-refractivity contribution in [3.05, 3.63) is 35.1 Å². The Balaban J connectivity index is 2.88. The summed E-state index contributed by atoms with van der Waals surface area (Å²) < 4.78 is 60.1. The third-order valence-electron chi connectivity index (χ3n) is 1.43. The summed E-state index contributed by atoms with van der Waals surface area (Å²) in [6.07, 6.45) is 0. The molecule has 78 valence electrons. The van der Waals surface area contributed by atoms with Gasteiger partial charge in [0.2, 0.25) is 0 Å². The molecule has 1 unspecified atom stereocenters. The van der Waals surface area contributed by atoms with Crippen LogP contribution in [0.2, 0.25) is 0 Å². The molecule has 0 aromatic heterocycles. The Morgan fingerprint density at radius 2 is 1.93 bits per heavy atom. The van der Waals surface area contributed by atoms with Crippen molar-refractivity contribution in [3.63, 3.8) is 0 Å². The third kappa shape index (κ3) is 2.53. The van der Waals surface area contributed by atoms with Crippen molar-refractivity contribution >= 4 is 11.4 Å². The molecule has 0 saturated carbocycles. The minimum atomic E-state index is -2.57. The molecular formula is C7H5F3O3S. The number of benzene rings is 1. The number of rotatable bonds is 3. The molecule has 1 aromatic rings. The summed E-state index contributed by atoms with van der Waals surface area (Å²) in [6.45, 7) is -0.605. The average molecular weight is 226 g/mol. The molecule has 1 rings (SSSR count). The maximum Gasteiger partial charge on any atom is 0.302 e. The van der Waals surface area contributed by atoms with E-state index in [0.717, 1.165) is 6.07 Å². The van der Waals surface area contributed by atoms with E-state index < -0.39 is 35.4 Å². The van der Waals surface area contributed by atoms with Gasteiger partial charge in [0.05, 0.1) is 6.61 Å². The smallest absolute Gasteiger partial charge is 0.284 e. The van der Waals surface area contributed by atoms with Gasteiger partial charge < -0.3 is 0 Å². The van der Waals surface area contributed by atoms with Gasteiger partial charge in [-0.3, -0.25) is 8.74 Å². The van der Waals surface area contributed by atoms with Crippen LogP contribution in [0, 0.1) is 17.5 Å². The molecule has 0 amide bonds. The van der Waals surface area contributed by atoms with E-state index in [4.69, 9.17) is 4.55 Å². The minimum absolute atomic E-state index is 0.327.